The first-order valence-corrected chi connectivity index (χ1v) is 3.89. The van der Waals surface area contributed by atoms with Crippen molar-refractivity contribution in [1.82, 2.24) is 0 Å². The van der Waals surface area contributed by atoms with E-state index in [0.29, 0.717) is 11.6 Å². The van der Waals surface area contributed by atoms with Crippen LogP contribution < -0.4 is 0 Å². The van der Waals surface area contributed by atoms with Gasteiger partial charge in [-0.15, -0.1) is 0 Å². The maximum Gasteiger partial charge on any atom is 0.257 e. The van der Waals surface area contributed by atoms with E-state index in [-0.39, 0.29) is 0 Å². The molecule has 3 heteroatoms. The number of aliphatic hydroxyl groups is 1. The van der Waals surface area contributed by atoms with Gasteiger partial charge >= 0.3 is 0 Å². The van der Waals surface area contributed by atoms with Gasteiger partial charge in [0.05, 0.1) is 6.10 Å². The third kappa shape index (κ3) is 3.34. The van der Waals surface area contributed by atoms with Crippen LogP contribution >= 0.6 is 0 Å². The van der Waals surface area contributed by atoms with E-state index >= 15 is 0 Å². The van der Waals surface area contributed by atoms with Gasteiger partial charge in [0.2, 0.25) is 0 Å². The molecule has 0 aliphatic heterocycles. The predicted molar refractivity (Wildman–Crippen MR) is 46.5 cm³/mol. The number of hydrogen-bond acceptors (Lipinski definition) is 1. The molecule has 1 aromatic carbocycles. The molecular weight excluding hydrogens is 174 g/mol. The molecular formula is C10H10F2O. The Morgan fingerprint density at radius 1 is 1.08 bits per heavy atom. The monoisotopic (exact) mass is 184 g/mol. The molecule has 0 bridgehead atoms. The highest BCUT2D eigenvalue weighted by molar-refractivity contribution is 5.20. The smallest absolute Gasteiger partial charge is 0.257 e. The molecule has 1 rings (SSSR count). The second-order valence-electron chi connectivity index (χ2n) is 2.57. The van der Waals surface area contributed by atoms with Gasteiger partial charge < -0.3 is 5.11 Å². The van der Waals surface area contributed by atoms with Crippen LogP contribution in [0.25, 0.3) is 0 Å². The predicted octanol–water partition coefficient (Wildman–Crippen LogP) is 2.54. The van der Waals surface area contributed by atoms with Crippen molar-refractivity contribution in [2.45, 2.75) is 12.5 Å². The fourth-order valence-electron chi connectivity index (χ4n) is 0.951. The van der Waals surface area contributed by atoms with Gasteiger partial charge in [-0.2, -0.15) is 0 Å². The minimum Gasteiger partial charge on any atom is -0.384 e. The quantitative estimate of drug-likeness (QED) is 0.716. The summed E-state index contributed by atoms with van der Waals surface area (Å²) in [5.41, 5.74) is 0.611. The van der Waals surface area contributed by atoms with Gasteiger partial charge in [-0.1, -0.05) is 36.4 Å². The molecule has 1 nitrogen and oxygen atoms in total. The van der Waals surface area contributed by atoms with Crippen LogP contribution in [-0.2, 0) is 0 Å². The van der Waals surface area contributed by atoms with Crippen molar-refractivity contribution in [1.29, 1.82) is 0 Å². The van der Waals surface area contributed by atoms with Crippen LogP contribution in [0.2, 0.25) is 0 Å². The van der Waals surface area contributed by atoms with Crippen molar-refractivity contribution < 1.29 is 13.9 Å². The second kappa shape index (κ2) is 4.72. The van der Waals surface area contributed by atoms with Crippen molar-refractivity contribution >= 4 is 0 Å². The van der Waals surface area contributed by atoms with Crippen LogP contribution in [0, 0.1) is 0 Å². The minimum absolute atomic E-state index is 0.611. The van der Waals surface area contributed by atoms with E-state index in [0.717, 1.165) is 6.08 Å². The summed E-state index contributed by atoms with van der Waals surface area (Å²) < 4.78 is 23.4. The van der Waals surface area contributed by atoms with Gasteiger partial charge in [0.1, 0.15) is 0 Å². The fourth-order valence-corrected chi connectivity index (χ4v) is 0.951. The molecule has 0 aliphatic carbocycles. The first-order valence-electron chi connectivity index (χ1n) is 3.89. The van der Waals surface area contributed by atoms with Crippen LogP contribution in [0.1, 0.15) is 11.7 Å². The van der Waals surface area contributed by atoms with Gasteiger partial charge in [0.15, 0.2) is 0 Å². The number of alkyl halides is 2. The van der Waals surface area contributed by atoms with E-state index in [2.05, 4.69) is 0 Å². The summed E-state index contributed by atoms with van der Waals surface area (Å²) in [6.45, 7) is 0. The van der Waals surface area contributed by atoms with Crippen molar-refractivity contribution in [3.8, 4) is 0 Å². The summed E-state index contributed by atoms with van der Waals surface area (Å²) in [7, 11) is 0. The maximum atomic E-state index is 11.7. The van der Waals surface area contributed by atoms with E-state index in [1.165, 1.54) is 0 Å². The summed E-state index contributed by atoms with van der Waals surface area (Å²) in [6.07, 6.45) is -1.70. The zero-order valence-corrected chi connectivity index (χ0v) is 6.90. The fraction of sp³-hybridized carbons (Fsp3) is 0.200. The SMILES string of the molecule is O[C@@H](/C=C/C(F)F)c1ccccc1. The summed E-state index contributed by atoms with van der Waals surface area (Å²) in [6, 6.07) is 8.65. The van der Waals surface area contributed by atoms with Gasteiger partial charge in [-0.25, -0.2) is 8.78 Å². The van der Waals surface area contributed by atoms with E-state index in [9.17, 15) is 13.9 Å². The van der Waals surface area contributed by atoms with Gasteiger partial charge in [-0.3, -0.25) is 0 Å². The topological polar surface area (TPSA) is 20.2 Å². The molecule has 0 heterocycles. The molecule has 0 radical (unpaired) electrons. The normalized spacial score (nSPS) is 13.8. The second-order valence-corrected chi connectivity index (χ2v) is 2.57. The van der Waals surface area contributed by atoms with Crippen LogP contribution in [0.3, 0.4) is 0 Å². The number of aliphatic hydroxyl groups excluding tert-OH is 1. The van der Waals surface area contributed by atoms with E-state index in [1.54, 1.807) is 30.3 Å². The third-order valence-corrected chi connectivity index (χ3v) is 1.58. The highest BCUT2D eigenvalue weighted by Crippen LogP contribution is 2.13. The Hall–Kier alpha value is -1.22. The lowest BCUT2D eigenvalue weighted by Crippen LogP contribution is -1.93. The number of benzene rings is 1. The Labute approximate surface area is 75.3 Å². The van der Waals surface area contributed by atoms with Crippen LogP contribution in [-0.4, -0.2) is 11.5 Å². The highest BCUT2D eigenvalue weighted by Gasteiger charge is 2.02. The number of halogens is 2. The molecule has 1 aromatic rings. The molecule has 0 aromatic heterocycles. The lowest BCUT2D eigenvalue weighted by Gasteiger charge is -2.04. The number of hydrogen-bond donors (Lipinski definition) is 1. The van der Waals surface area contributed by atoms with E-state index in [4.69, 9.17) is 0 Å². The Morgan fingerprint density at radius 3 is 2.23 bits per heavy atom. The standard InChI is InChI=1S/C10H10F2O/c11-10(12)7-6-9(13)8-4-2-1-3-5-8/h1-7,9-10,13H/b7-6+/t9-/m0/s1. The number of allylic oxidation sites excluding steroid dienone is 1. The molecule has 0 saturated heterocycles. The molecule has 0 unspecified atom stereocenters. The minimum atomic E-state index is -2.52. The van der Waals surface area contributed by atoms with Gasteiger partial charge in [-0.05, 0) is 11.6 Å². The Kier molecular flexibility index (Phi) is 3.58. The lowest BCUT2D eigenvalue weighted by molar-refractivity contribution is 0.195. The average Bonchev–Trinajstić information content (AvgIpc) is 2.15. The van der Waals surface area contributed by atoms with Crippen LogP contribution in [0.5, 0.6) is 0 Å². The molecule has 13 heavy (non-hydrogen) atoms. The number of rotatable bonds is 3. The third-order valence-electron chi connectivity index (χ3n) is 1.58. The van der Waals surface area contributed by atoms with Crippen molar-refractivity contribution in [3.05, 3.63) is 48.0 Å². The maximum absolute atomic E-state index is 11.7. The molecule has 1 atom stereocenters. The zero-order valence-electron chi connectivity index (χ0n) is 6.90. The van der Waals surface area contributed by atoms with Gasteiger partial charge in [0.25, 0.3) is 6.43 Å². The van der Waals surface area contributed by atoms with Crippen molar-refractivity contribution in [3.63, 3.8) is 0 Å². The van der Waals surface area contributed by atoms with Crippen LogP contribution in [0.4, 0.5) is 8.78 Å². The first kappa shape index (κ1) is 9.86. The Balaban J connectivity index is 2.64. The molecule has 0 aliphatic rings. The summed E-state index contributed by atoms with van der Waals surface area (Å²) in [4.78, 5) is 0. The molecule has 1 N–H and O–H groups in total. The lowest BCUT2D eigenvalue weighted by atomic mass is 10.1. The van der Waals surface area contributed by atoms with Crippen molar-refractivity contribution in [2.75, 3.05) is 0 Å². The Morgan fingerprint density at radius 2 is 1.69 bits per heavy atom. The Bertz CT molecular complexity index is 270. The molecule has 0 saturated carbocycles. The summed E-state index contributed by atoms with van der Waals surface area (Å²) >= 11 is 0. The van der Waals surface area contributed by atoms with Crippen molar-refractivity contribution in [2.24, 2.45) is 0 Å². The molecule has 0 spiro atoms. The molecule has 0 amide bonds. The van der Waals surface area contributed by atoms with Gasteiger partial charge in [0, 0.05) is 0 Å². The summed E-state index contributed by atoms with van der Waals surface area (Å²) in [5.74, 6) is 0. The zero-order chi connectivity index (χ0) is 9.68. The average molecular weight is 184 g/mol. The highest BCUT2D eigenvalue weighted by atomic mass is 19.3. The van der Waals surface area contributed by atoms with E-state index in [1.807, 2.05) is 0 Å². The first-order chi connectivity index (χ1) is 6.20. The summed E-state index contributed by atoms with van der Waals surface area (Å²) in [5, 5.41) is 9.35. The largest absolute Gasteiger partial charge is 0.384 e. The van der Waals surface area contributed by atoms with Crippen LogP contribution in [0.15, 0.2) is 42.5 Å². The molecule has 70 valence electrons. The van der Waals surface area contributed by atoms with E-state index < -0.39 is 12.5 Å². The molecule has 0 fully saturated rings.